The van der Waals surface area contributed by atoms with E-state index in [1.807, 2.05) is 38.1 Å². The first kappa shape index (κ1) is 15.7. The Bertz CT molecular complexity index is 1110. The number of fused-ring (bicyclic) bond motifs is 2. The molecule has 0 bridgehead atoms. The summed E-state index contributed by atoms with van der Waals surface area (Å²) in [6.45, 7) is 3.92. The van der Waals surface area contributed by atoms with Crippen LogP contribution in [0.25, 0.3) is 17.2 Å². The molecule has 26 heavy (non-hydrogen) atoms. The molecule has 1 aliphatic heterocycles. The van der Waals surface area contributed by atoms with Gasteiger partial charge in [0.15, 0.2) is 11.5 Å². The minimum absolute atomic E-state index is 0.147. The first-order chi connectivity index (χ1) is 12.5. The quantitative estimate of drug-likeness (QED) is 0.851. The van der Waals surface area contributed by atoms with Gasteiger partial charge in [-0.15, -0.1) is 0 Å². The number of nitriles is 2. The molecule has 2 aliphatic rings. The van der Waals surface area contributed by atoms with Crippen LogP contribution in [0.3, 0.4) is 0 Å². The second kappa shape index (κ2) is 5.65. The van der Waals surface area contributed by atoms with E-state index >= 15 is 0 Å². The number of nitrogen functional groups attached to an aromatic ring is 1. The highest BCUT2D eigenvalue weighted by Gasteiger charge is 2.29. The number of nitrogens with zero attached hydrogens (tertiary/aromatic N) is 3. The standard InChI is InChI=1S/C20H14N4O2/c1-10-13(5-12-3-4-16-17(6-12)26-9-25-16)18-11(2)15(8-22)20(23)24-19(18)14(10)7-21/h3-6H,9H2,1-2H3,(H2,23,24). The fourth-order valence-electron chi connectivity index (χ4n) is 3.37. The fraction of sp³-hybridized carbons (Fsp3) is 0.150. The van der Waals surface area contributed by atoms with E-state index in [1.54, 1.807) is 0 Å². The van der Waals surface area contributed by atoms with Gasteiger partial charge in [0.25, 0.3) is 0 Å². The van der Waals surface area contributed by atoms with Crippen molar-refractivity contribution in [1.29, 1.82) is 10.5 Å². The Kier molecular flexibility index (Phi) is 3.42. The summed E-state index contributed by atoms with van der Waals surface area (Å²) in [6, 6.07) is 9.98. The molecule has 0 saturated carbocycles. The third kappa shape index (κ3) is 2.13. The summed E-state index contributed by atoms with van der Waals surface area (Å²) in [6.07, 6.45) is 1.96. The van der Waals surface area contributed by atoms with Crippen LogP contribution in [-0.2, 0) is 0 Å². The molecular formula is C20H14N4O2. The lowest BCUT2D eigenvalue weighted by Gasteiger charge is -2.11. The van der Waals surface area contributed by atoms with Gasteiger partial charge in [0.1, 0.15) is 18.0 Å². The first-order valence-electron chi connectivity index (χ1n) is 7.98. The van der Waals surface area contributed by atoms with Crippen molar-refractivity contribution in [1.82, 2.24) is 4.98 Å². The summed E-state index contributed by atoms with van der Waals surface area (Å²) >= 11 is 0. The molecule has 4 rings (SSSR count). The number of benzene rings is 1. The zero-order chi connectivity index (χ0) is 18.4. The average molecular weight is 342 g/mol. The van der Waals surface area contributed by atoms with Gasteiger partial charge in [0, 0.05) is 5.56 Å². The molecule has 0 unspecified atom stereocenters. The van der Waals surface area contributed by atoms with Gasteiger partial charge < -0.3 is 15.2 Å². The fourth-order valence-corrected chi connectivity index (χ4v) is 3.37. The lowest BCUT2D eigenvalue weighted by Crippen LogP contribution is -2.03. The van der Waals surface area contributed by atoms with Crippen molar-refractivity contribution in [3.8, 4) is 23.6 Å². The SMILES string of the molecule is CC1=C(C#N)c2nc(N)c(C#N)c(C)c2C1=Cc1ccc2c(c1)OCO2. The normalized spacial score (nSPS) is 15.8. The van der Waals surface area contributed by atoms with E-state index in [0.717, 1.165) is 27.8 Å². The molecule has 0 radical (unpaired) electrons. The van der Waals surface area contributed by atoms with Crippen LogP contribution in [0.1, 0.15) is 34.9 Å². The van der Waals surface area contributed by atoms with Crippen molar-refractivity contribution >= 4 is 23.0 Å². The molecule has 6 heteroatoms. The molecule has 0 saturated heterocycles. The van der Waals surface area contributed by atoms with Crippen molar-refractivity contribution in [2.45, 2.75) is 13.8 Å². The lowest BCUT2D eigenvalue weighted by atomic mass is 9.95. The summed E-state index contributed by atoms with van der Waals surface area (Å²) in [7, 11) is 0. The number of hydrogen-bond acceptors (Lipinski definition) is 6. The monoisotopic (exact) mass is 342 g/mol. The molecular weight excluding hydrogens is 328 g/mol. The van der Waals surface area contributed by atoms with E-state index in [9.17, 15) is 10.5 Å². The average Bonchev–Trinajstić information content (AvgIpc) is 3.18. The Morgan fingerprint density at radius 3 is 2.65 bits per heavy atom. The molecule has 1 aromatic carbocycles. The first-order valence-corrected chi connectivity index (χ1v) is 7.98. The van der Waals surface area contributed by atoms with Gasteiger partial charge in [-0.1, -0.05) is 6.07 Å². The summed E-state index contributed by atoms with van der Waals surface area (Å²) in [5, 5.41) is 19.0. The molecule has 0 spiro atoms. The molecule has 2 heterocycles. The largest absolute Gasteiger partial charge is 0.454 e. The number of hydrogen-bond donors (Lipinski definition) is 1. The molecule has 0 atom stereocenters. The van der Waals surface area contributed by atoms with Crippen molar-refractivity contribution in [2.75, 3.05) is 12.5 Å². The maximum atomic E-state index is 9.58. The van der Waals surface area contributed by atoms with E-state index in [1.165, 1.54) is 0 Å². The Morgan fingerprint density at radius 2 is 1.92 bits per heavy atom. The van der Waals surface area contributed by atoms with Crippen LogP contribution in [0.4, 0.5) is 5.82 Å². The predicted molar refractivity (Wildman–Crippen MR) is 96.7 cm³/mol. The van der Waals surface area contributed by atoms with Gasteiger partial charge >= 0.3 is 0 Å². The van der Waals surface area contributed by atoms with Gasteiger partial charge in [0.2, 0.25) is 6.79 Å². The number of allylic oxidation sites excluding steroid dienone is 3. The van der Waals surface area contributed by atoms with E-state index < -0.39 is 0 Å². The van der Waals surface area contributed by atoms with Gasteiger partial charge in [-0.2, -0.15) is 10.5 Å². The maximum Gasteiger partial charge on any atom is 0.231 e. The number of aromatic nitrogens is 1. The molecule has 0 fully saturated rings. The van der Waals surface area contributed by atoms with Crippen molar-refractivity contribution in [3.63, 3.8) is 0 Å². The van der Waals surface area contributed by atoms with Crippen LogP contribution < -0.4 is 15.2 Å². The summed E-state index contributed by atoms with van der Waals surface area (Å²) in [5.74, 6) is 1.54. The predicted octanol–water partition coefficient (Wildman–Crippen LogP) is 3.42. The molecule has 2 aromatic rings. The highest BCUT2D eigenvalue weighted by atomic mass is 16.7. The van der Waals surface area contributed by atoms with Crippen LogP contribution >= 0.6 is 0 Å². The van der Waals surface area contributed by atoms with E-state index in [2.05, 4.69) is 17.1 Å². The molecule has 0 amide bonds. The van der Waals surface area contributed by atoms with Crippen molar-refractivity contribution in [3.05, 3.63) is 51.7 Å². The van der Waals surface area contributed by atoms with Gasteiger partial charge in [0.05, 0.1) is 16.8 Å². The topological polar surface area (TPSA) is 105 Å². The number of anilines is 1. The zero-order valence-electron chi connectivity index (χ0n) is 14.3. The Hall–Kier alpha value is -3.77. The summed E-state index contributed by atoms with van der Waals surface area (Å²) in [5.41, 5.74) is 11.3. The van der Waals surface area contributed by atoms with E-state index in [4.69, 9.17) is 15.2 Å². The van der Waals surface area contributed by atoms with Crippen LogP contribution in [0, 0.1) is 29.6 Å². The molecule has 2 N–H and O–H groups in total. The van der Waals surface area contributed by atoms with Gasteiger partial charge in [-0.25, -0.2) is 4.98 Å². The second-order valence-electron chi connectivity index (χ2n) is 6.11. The lowest BCUT2D eigenvalue weighted by molar-refractivity contribution is 0.174. The van der Waals surface area contributed by atoms with E-state index in [-0.39, 0.29) is 12.6 Å². The van der Waals surface area contributed by atoms with Crippen LogP contribution in [-0.4, -0.2) is 11.8 Å². The minimum atomic E-state index is 0.147. The summed E-state index contributed by atoms with van der Waals surface area (Å²) in [4.78, 5) is 4.33. The zero-order valence-corrected chi connectivity index (χ0v) is 14.3. The van der Waals surface area contributed by atoms with Crippen LogP contribution in [0.15, 0.2) is 23.8 Å². The Balaban J connectivity index is 1.95. The molecule has 6 nitrogen and oxygen atoms in total. The third-order valence-electron chi connectivity index (χ3n) is 4.69. The smallest absolute Gasteiger partial charge is 0.231 e. The third-order valence-corrected chi connectivity index (χ3v) is 4.69. The molecule has 1 aliphatic carbocycles. The maximum absolute atomic E-state index is 9.58. The highest BCUT2D eigenvalue weighted by Crippen LogP contribution is 2.44. The van der Waals surface area contributed by atoms with Crippen LogP contribution in [0.2, 0.25) is 0 Å². The van der Waals surface area contributed by atoms with Crippen molar-refractivity contribution in [2.24, 2.45) is 0 Å². The number of nitrogens with two attached hydrogens (primary N) is 1. The Labute approximate surface area is 150 Å². The van der Waals surface area contributed by atoms with E-state index in [0.29, 0.717) is 28.3 Å². The number of pyridine rings is 1. The van der Waals surface area contributed by atoms with Crippen LogP contribution in [0.5, 0.6) is 11.5 Å². The molecule has 1 aromatic heterocycles. The van der Waals surface area contributed by atoms with Gasteiger partial charge in [-0.3, -0.25) is 0 Å². The van der Waals surface area contributed by atoms with Crippen molar-refractivity contribution < 1.29 is 9.47 Å². The Morgan fingerprint density at radius 1 is 1.15 bits per heavy atom. The molecule has 126 valence electrons. The summed E-state index contributed by atoms with van der Waals surface area (Å²) < 4.78 is 10.8. The second-order valence-corrected chi connectivity index (χ2v) is 6.11. The van der Waals surface area contributed by atoms with Gasteiger partial charge in [-0.05, 0) is 54.3 Å². The number of ether oxygens (including phenoxy) is 2. The number of rotatable bonds is 1. The minimum Gasteiger partial charge on any atom is -0.454 e. The highest BCUT2D eigenvalue weighted by molar-refractivity contribution is 6.08.